The molecule has 0 aromatic heterocycles. The molecule has 1 unspecified atom stereocenters. The lowest BCUT2D eigenvalue weighted by Gasteiger charge is -2.23. The van der Waals surface area contributed by atoms with Gasteiger partial charge in [-0.05, 0) is 32.4 Å². The Kier molecular flexibility index (Phi) is 3.10. The van der Waals surface area contributed by atoms with Gasteiger partial charge in [0, 0.05) is 38.3 Å². The Morgan fingerprint density at radius 3 is 2.87 bits per heavy atom. The highest BCUT2D eigenvalue weighted by atomic mass is 16.1. The number of hydrogen-bond donors (Lipinski definition) is 0. The molecule has 0 radical (unpaired) electrons. The first-order valence-electron chi connectivity index (χ1n) is 5.78. The van der Waals surface area contributed by atoms with Crippen molar-refractivity contribution in [2.75, 3.05) is 33.7 Å². The summed E-state index contributed by atoms with van der Waals surface area (Å²) in [6, 6.07) is 0. The van der Waals surface area contributed by atoms with Crippen molar-refractivity contribution >= 4 is 5.78 Å². The minimum absolute atomic E-state index is 0.292. The van der Waals surface area contributed by atoms with Gasteiger partial charge in [-0.15, -0.1) is 0 Å². The second-order valence-electron chi connectivity index (χ2n) is 4.90. The van der Waals surface area contributed by atoms with Crippen LogP contribution in [0, 0.1) is 5.92 Å². The number of likely N-dealkylation sites (tertiary alicyclic amines) is 1. The summed E-state index contributed by atoms with van der Waals surface area (Å²) in [7, 11) is 4.29. The average molecular weight is 208 g/mol. The summed E-state index contributed by atoms with van der Waals surface area (Å²) in [4.78, 5) is 15.8. The molecule has 1 atom stereocenters. The second kappa shape index (κ2) is 4.35. The zero-order chi connectivity index (χ0) is 10.8. The molecule has 2 rings (SSSR count). The topological polar surface area (TPSA) is 23.6 Å². The van der Waals surface area contributed by atoms with Crippen LogP contribution < -0.4 is 0 Å². The van der Waals surface area contributed by atoms with E-state index in [0.29, 0.717) is 12.2 Å². The van der Waals surface area contributed by atoms with Gasteiger partial charge in [0.1, 0.15) is 0 Å². The molecule has 1 aliphatic carbocycles. The van der Waals surface area contributed by atoms with Crippen LogP contribution >= 0.6 is 0 Å². The summed E-state index contributed by atoms with van der Waals surface area (Å²) in [5.74, 6) is 1.07. The molecule has 84 valence electrons. The zero-order valence-electron chi connectivity index (χ0n) is 9.70. The summed E-state index contributed by atoms with van der Waals surface area (Å²) < 4.78 is 0. The average Bonchev–Trinajstić information content (AvgIpc) is 2.75. The Balaban J connectivity index is 1.84. The Bertz CT molecular complexity index is 285. The summed E-state index contributed by atoms with van der Waals surface area (Å²) in [5.41, 5.74) is 1.23. The highest BCUT2D eigenvalue weighted by Gasteiger charge is 2.23. The number of hydrogen-bond acceptors (Lipinski definition) is 3. The van der Waals surface area contributed by atoms with Crippen LogP contribution in [0.5, 0.6) is 0 Å². The van der Waals surface area contributed by atoms with Crippen LogP contribution in [0.2, 0.25) is 0 Å². The first-order chi connectivity index (χ1) is 7.15. The van der Waals surface area contributed by atoms with Crippen LogP contribution in [0.3, 0.4) is 0 Å². The number of allylic oxidation sites excluding steroid dienone is 2. The minimum atomic E-state index is 0.292. The van der Waals surface area contributed by atoms with Crippen molar-refractivity contribution in [2.24, 2.45) is 5.92 Å². The number of rotatable bonds is 3. The van der Waals surface area contributed by atoms with E-state index in [0.717, 1.165) is 18.9 Å². The third kappa shape index (κ3) is 2.59. The molecule has 0 amide bonds. The van der Waals surface area contributed by atoms with E-state index in [1.165, 1.54) is 25.2 Å². The molecule has 3 nitrogen and oxygen atoms in total. The van der Waals surface area contributed by atoms with Gasteiger partial charge in [-0.25, -0.2) is 0 Å². The Hall–Kier alpha value is -0.830. The van der Waals surface area contributed by atoms with Gasteiger partial charge in [0.25, 0.3) is 0 Å². The van der Waals surface area contributed by atoms with Gasteiger partial charge >= 0.3 is 0 Å². The molecule has 1 fully saturated rings. The van der Waals surface area contributed by atoms with Gasteiger partial charge < -0.3 is 9.80 Å². The lowest BCUT2D eigenvalue weighted by Crippen LogP contribution is -2.26. The summed E-state index contributed by atoms with van der Waals surface area (Å²) in [5, 5.41) is 0. The van der Waals surface area contributed by atoms with Gasteiger partial charge in [0.15, 0.2) is 5.78 Å². The fourth-order valence-electron chi connectivity index (χ4n) is 2.56. The highest BCUT2D eigenvalue weighted by Crippen LogP contribution is 2.21. The lowest BCUT2D eigenvalue weighted by atomic mass is 10.1. The summed E-state index contributed by atoms with van der Waals surface area (Å²) >= 11 is 0. The number of nitrogens with zero attached hydrogens (tertiary/aromatic N) is 2. The molecule has 3 heteroatoms. The first kappa shape index (κ1) is 10.7. The van der Waals surface area contributed by atoms with Gasteiger partial charge in [-0.2, -0.15) is 0 Å². The van der Waals surface area contributed by atoms with Crippen LogP contribution in [-0.2, 0) is 4.79 Å². The number of ketones is 1. The fraction of sp³-hybridized carbons (Fsp3) is 0.750. The van der Waals surface area contributed by atoms with E-state index in [4.69, 9.17) is 0 Å². The van der Waals surface area contributed by atoms with E-state index in [1.807, 2.05) is 6.08 Å². The number of carbonyl (C=O) groups excluding carboxylic acids is 1. The smallest absolute Gasteiger partial charge is 0.157 e. The molecule has 0 saturated carbocycles. The molecule has 15 heavy (non-hydrogen) atoms. The highest BCUT2D eigenvalue weighted by molar-refractivity contribution is 5.92. The van der Waals surface area contributed by atoms with Crippen LogP contribution in [0.25, 0.3) is 0 Å². The second-order valence-corrected chi connectivity index (χ2v) is 4.90. The summed E-state index contributed by atoms with van der Waals surface area (Å²) in [6.45, 7) is 3.52. The van der Waals surface area contributed by atoms with Crippen molar-refractivity contribution in [1.29, 1.82) is 0 Å². The third-order valence-electron chi connectivity index (χ3n) is 3.47. The zero-order valence-corrected chi connectivity index (χ0v) is 9.70. The maximum absolute atomic E-state index is 11.1. The van der Waals surface area contributed by atoms with E-state index < -0.39 is 0 Å². The number of carbonyl (C=O) groups is 1. The molecule has 0 N–H and O–H groups in total. The molecule has 0 aromatic carbocycles. The van der Waals surface area contributed by atoms with Crippen LogP contribution in [0.4, 0.5) is 0 Å². The molecule has 1 aliphatic heterocycles. The molecular weight excluding hydrogens is 188 g/mol. The van der Waals surface area contributed by atoms with Crippen LogP contribution in [-0.4, -0.2) is 49.3 Å². The normalized spacial score (nSPS) is 27.2. The predicted molar refractivity (Wildman–Crippen MR) is 60.6 cm³/mol. The van der Waals surface area contributed by atoms with E-state index in [2.05, 4.69) is 23.9 Å². The van der Waals surface area contributed by atoms with Crippen molar-refractivity contribution in [3.05, 3.63) is 11.8 Å². The standard InChI is InChI=1S/C12H20N2O/c1-13-6-5-10(8-13)9-14(2)11-3-4-12(15)7-11/h7,10H,3-6,8-9H2,1-2H3. The van der Waals surface area contributed by atoms with E-state index in [9.17, 15) is 4.79 Å². The molecule has 0 spiro atoms. The maximum atomic E-state index is 11.1. The van der Waals surface area contributed by atoms with E-state index in [-0.39, 0.29) is 0 Å². The maximum Gasteiger partial charge on any atom is 0.157 e. The third-order valence-corrected chi connectivity index (χ3v) is 3.47. The van der Waals surface area contributed by atoms with Crippen molar-refractivity contribution in [3.63, 3.8) is 0 Å². The molecule has 0 aromatic rings. The van der Waals surface area contributed by atoms with Gasteiger partial charge in [-0.3, -0.25) is 4.79 Å². The fourth-order valence-corrected chi connectivity index (χ4v) is 2.56. The molecule has 0 bridgehead atoms. The van der Waals surface area contributed by atoms with Gasteiger partial charge in [-0.1, -0.05) is 0 Å². The lowest BCUT2D eigenvalue weighted by molar-refractivity contribution is -0.114. The van der Waals surface area contributed by atoms with Crippen molar-refractivity contribution in [1.82, 2.24) is 9.80 Å². The molecule has 2 aliphatic rings. The molecule has 1 saturated heterocycles. The molecular formula is C12H20N2O. The SMILES string of the molecule is CN1CCC(CN(C)C2=CC(=O)CC2)C1. The van der Waals surface area contributed by atoms with Crippen molar-refractivity contribution in [3.8, 4) is 0 Å². The largest absolute Gasteiger partial charge is 0.377 e. The van der Waals surface area contributed by atoms with Crippen LogP contribution in [0.15, 0.2) is 11.8 Å². The first-order valence-corrected chi connectivity index (χ1v) is 5.78. The van der Waals surface area contributed by atoms with Crippen LogP contribution in [0.1, 0.15) is 19.3 Å². The Morgan fingerprint density at radius 1 is 1.53 bits per heavy atom. The quantitative estimate of drug-likeness (QED) is 0.694. The summed E-state index contributed by atoms with van der Waals surface area (Å²) in [6.07, 6.45) is 4.77. The van der Waals surface area contributed by atoms with Gasteiger partial charge in [0.05, 0.1) is 0 Å². The van der Waals surface area contributed by atoms with Gasteiger partial charge in [0.2, 0.25) is 0 Å². The van der Waals surface area contributed by atoms with E-state index >= 15 is 0 Å². The van der Waals surface area contributed by atoms with Crippen molar-refractivity contribution in [2.45, 2.75) is 19.3 Å². The Labute approximate surface area is 91.7 Å². The molecule has 1 heterocycles. The predicted octanol–water partition coefficient (Wildman–Crippen LogP) is 1.12. The van der Waals surface area contributed by atoms with Crippen molar-refractivity contribution < 1.29 is 4.79 Å². The Morgan fingerprint density at radius 2 is 2.33 bits per heavy atom. The van der Waals surface area contributed by atoms with E-state index in [1.54, 1.807) is 0 Å². The monoisotopic (exact) mass is 208 g/mol. The minimum Gasteiger partial charge on any atom is -0.377 e.